The topological polar surface area (TPSA) is 103 Å². The highest BCUT2D eigenvalue weighted by molar-refractivity contribution is 9.10. The second kappa shape index (κ2) is 10.4. The smallest absolute Gasteiger partial charge is 0.251 e. The Morgan fingerprint density at radius 1 is 1.21 bits per heavy atom. The monoisotopic (exact) mass is 519 g/mol. The lowest BCUT2D eigenvalue weighted by atomic mass is 10.0. The van der Waals surface area contributed by atoms with E-state index in [0.29, 0.717) is 10.3 Å². The molecule has 2 heterocycles. The van der Waals surface area contributed by atoms with Crippen molar-refractivity contribution in [2.24, 2.45) is 5.92 Å². The molecule has 1 aliphatic rings. The lowest BCUT2D eigenvalue weighted by molar-refractivity contribution is -0.130. The van der Waals surface area contributed by atoms with Crippen LogP contribution in [-0.4, -0.2) is 47.9 Å². The molecule has 8 nitrogen and oxygen atoms in total. The molecule has 3 N–H and O–H groups in total. The van der Waals surface area contributed by atoms with Gasteiger partial charge in [-0.25, -0.2) is 9.37 Å². The maximum absolute atomic E-state index is 14.3. The summed E-state index contributed by atoms with van der Waals surface area (Å²) in [5, 5.41) is 8.21. The molecule has 33 heavy (non-hydrogen) atoms. The average Bonchev–Trinajstić information content (AvgIpc) is 3.17. The first-order valence-corrected chi connectivity index (χ1v) is 11.4. The van der Waals surface area contributed by atoms with Crippen LogP contribution in [0.25, 0.3) is 0 Å². The molecule has 0 spiro atoms. The molecule has 1 aromatic heterocycles. The number of nitrogens with zero attached hydrogens (tertiary/aromatic N) is 2. The number of carbonyl (C=O) groups excluding carboxylic acids is 3. The van der Waals surface area contributed by atoms with Gasteiger partial charge in [-0.05, 0) is 49.7 Å². The highest BCUT2D eigenvalue weighted by Gasteiger charge is 2.43. The number of benzene rings is 1. The molecule has 0 saturated heterocycles. The Balaban J connectivity index is 1.91. The van der Waals surface area contributed by atoms with E-state index < -0.39 is 35.8 Å². The summed E-state index contributed by atoms with van der Waals surface area (Å²) in [7, 11) is 1.65. The SMILES string of the molecule is CN[C@@H](C)C(=O)N[C@H](C(=O)N1c2ncccc2C[C@H]1C(=O)Nc1ccc(Br)cc1F)C(C)C. The Morgan fingerprint density at radius 3 is 2.58 bits per heavy atom. The molecule has 0 aliphatic carbocycles. The number of anilines is 2. The fourth-order valence-electron chi connectivity index (χ4n) is 3.60. The summed E-state index contributed by atoms with van der Waals surface area (Å²) >= 11 is 3.19. The molecule has 2 aromatic rings. The van der Waals surface area contributed by atoms with Gasteiger partial charge in [-0.15, -0.1) is 0 Å². The first-order valence-electron chi connectivity index (χ1n) is 10.6. The van der Waals surface area contributed by atoms with Gasteiger partial charge >= 0.3 is 0 Å². The number of amides is 3. The van der Waals surface area contributed by atoms with Gasteiger partial charge in [0.15, 0.2) is 0 Å². The zero-order valence-electron chi connectivity index (χ0n) is 18.9. The largest absolute Gasteiger partial charge is 0.343 e. The van der Waals surface area contributed by atoms with E-state index in [1.54, 1.807) is 38.4 Å². The van der Waals surface area contributed by atoms with Crippen LogP contribution in [-0.2, 0) is 20.8 Å². The van der Waals surface area contributed by atoms with Gasteiger partial charge in [0.25, 0.3) is 5.91 Å². The summed E-state index contributed by atoms with van der Waals surface area (Å²) < 4.78 is 14.9. The first kappa shape index (κ1) is 24.8. The van der Waals surface area contributed by atoms with E-state index in [-0.39, 0.29) is 23.9 Å². The van der Waals surface area contributed by atoms with E-state index >= 15 is 0 Å². The summed E-state index contributed by atoms with van der Waals surface area (Å²) in [6, 6.07) is 5.51. The van der Waals surface area contributed by atoms with Crippen LogP contribution in [0.3, 0.4) is 0 Å². The van der Waals surface area contributed by atoms with Gasteiger partial charge in [0.05, 0.1) is 11.7 Å². The summed E-state index contributed by atoms with van der Waals surface area (Å²) in [6.07, 6.45) is 1.77. The predicted molar refractivity (Wildman–Crippen MR) is 127 cm³/mol. The van der Waals surface area contributed by atoms with Gasteiger partial charge < -0.3 is 16.0 Å². The number of fused-ring (bicyclic) bond motifs is 1. The van der Waals surface area contributed by atoms with E-state index in [0.717, 1.165) is 5.56 Å². The van der Waals surface area contributed by atoms with Crippen molar-refractivity contribution in [3.8, 4) is 0 Å². The minimum atomic E-state index is -0.940. The van der Waals surface area contributed by atoms with Crippen molar-refractivity contribution in [1.29, 1.82) is 0 Å². The maximum atomic E-state index is 14.3. The number of rotatable bonds is 7. The van der Waals surface area contributed by atoms with Crippen molar-refractivity contribution in [2.45, 2.75) is 45.3 Å². The zero-order chi connectivity index (χ0) is 24.3. The molecule has 3 amide bonds. The molecule has 0 bridgehead atoms. The highest BCUT2D eigenvalue weighted by atomic mass is 79.9. The van der Waals surface area contributed by atoms with Crippen LogP contribution in [0.1, 0.15) is 26.3 Å². The van der Waals surface area contributed by atoms with Crippen molar-refractivity contribution in [2.75, 3.05) is 17.3 Å². The van der Waals surface area contributed by atoms with Crippen LogP contribution in [0.4, 0.5) is 15.9 Å². The van der Waals surface area contributed by atoms with E-state index in [9.17, 15) is 18.8 Å². The number of aromatic nitrogens is 1. The van der Waals surface area contributed by atoms with E-state index in [1.165, 1.54) is 17.0 Å². The fourth-order valence-corrected chi connectivity index (χ4v) is 3.93. The maximum Gasteiger partial charge on any atom is 0.251 e. The van der Waals surface area contributed by atoms with Gasteiger partial charge in [0.1, 0.15) is 23.7 Å². The standard InChI is InChI=1S/C23H27BrFN5O3/c1-12(2)19(29-21(31)13(3)26-4)23(33)30-18(10-14-6-5-9-27-20(14)30)22(32)28-17-8-7-15(24)11-16(17)25/h5-9,11-13,18-19,26H,10H2,1-4H3,(H,28,32)(H,29,31)/t13-,18-,19-/m0/s1. The molecule has 176 valence electrons. The van der Waals surface area contributed by atoms with Crippen LogP contribution in [0.2, 0.25) is 0 Å². The number of hydrogen-bond acceptors (Lipinski definition) is 5. The van der Waals surface area contributed by atoms with Crippen LogP contribution < -0.4 is 20.9 Å². The molecule has 0 saturated carbocycles. The minimum Gasteiger partial charge on any atom is -0.343 e. The normalized spacial score (nSPS) is 16.8. The van der Waals surface area contributed by atoms with Gasteiger partial charge in [-0.2, -0.15) is 0 Å². The molecule has 3 atom stereocenters. The summed E-state index contributed by atoms with van der Waals surface area (Å²) in [5.74, 6) is -1.80. The first-order chi connectivity index (χ1) is 15.6. The molecule has 0 fully saturated rings. The van der Waals surface area contributed by atoms with Crippen molar-refractivity contribution in [1.82, 2.24) is 15.6 Å². The zero-order valence-corrected chi connectivity index (χ0v) is 20.4. The molecule has 10 heteroatoms. The molecule has 0 radical (unpaired) electrons. The van der Waals surface area contributed by atoms with Crippen LogP contribution >= 0.6 is 15.9 Å². The van der Waals surface area contributed by atoms with E-state index in [1.807, 2.05) is 13.8 Å². The van der Waals surface area contributed by atoms with E-state index in [4.69, 9.17) is 0 Å². The molecule has 0 unspecified atom stereocenters. The molecule has 1 aliphatic heterocycles. The number of carbonyl (C=O) groups is 3. The number of likely N-dealkylation sites (N-methyl/N-ethyl adjacent to an activating group) is 1. The Morgan fingerprint density at radius 2 is 1.94 bits per heavy atom. The highest BCUT2D eigenvalue weighted by Crippen LogP contribution is 2.32. The van der Waals surface area contributed by atoms with Crippen molar-refractivity contribution in [3.63, 3.8) is 0 Å². The minimum absolute atomic E-state index is 0.0103. The van der Waals surface area contributed by atoms with Gasteiger partial charge in [-0.3, -0.25) is 19.3 Å². The number of halogens is 2. The van der Waals surface area contributed by atoms with Crippen LogP contribution in [0.5, 0.6) is 0 Å². The Hall–Kier alpha value is -2.85. The predicted octanol–water partition coefficient (Wildman–Crippen LogP) is 2.63. The quantitative estimate of drug-likeness (QED) is 0.521. The van der Waals surface area contributed by atoms with Crippen LogP contribution in [0.15, 0.2) is 41.0 Å². The lowest BCUT2D eigenvalue weighted by Gasteiger charge is -2.31. The fraction of sp³-hybridized carbons (Fsp3) is 0.391. The summed E-state index contributed by atoms with van der Waals surface area (Å²) in [5.41, 5.74) is 0.732. The average molecular weight is 520 g/mol. The van der Waals surface area contributed by atoms with Crippen molar-refractivity contribution in [3.05, 3.63) is 52.4 Å². The van der Waals surface area contributed by atoms with Gasteiger partial charge in [0, 0.05) is 17.1 Å². The number of pyridine rings is 1. The van der Waals surface area contributed by atoms with Gasteiger partial charge in [-0.1, -0.05) is 35.8 Å². The van der Waals surface area contributed by atoms with Crippen molar-refractivity contribution >= 4 is 45.2 Å². The van der Waals surface area contributed by atoms with E-state index in [2.05, 4.69) is 36.9 Å². The third-order valence-corrected chi connectivity index (χ3v) is 6.10. The Bertz CT molecular complexity index is 1060. The summed E-state index contributed by atoms with van der Waals surface area (Å²) in [4.78, 5) is 45.0. The van der Waals surface area contributed by atoms with Gasteiger partial charge in [0.2, 0.25) is 11.8 Å². The third kappa shape index (κ3) is 5.39. The second-order valence-electron chi connectivity index (χ2n) is 8.27. The lowest BCUT2D eigenvalue weighted by Crippen LogP contribution is -2.57. The molecule has 3 rings (SSSR count). The number of hydrogen-bond donors (Lipinski definition) is 3. The molecule has 1 aromatic carbocycles. The van der Waals surface area contributed by atoms with Crippen LogP contribution in [0, 0.1) is 11.7 Å². The Labute approximate surface area is 200 Å². The summed E-state index contributed by atoms with van der Waals surface area (Å²) in [6.45, 7) is 5.32. The Kier molecular flexibility index (Phi) is 7.80. The second-order valence-corrected chi connectivity index (χ2v) is 9.18. The third-order valence-electron chi connectivity index (χ3n) is 5.61. The molecular formula is C23H27BrFN5O3. The van der Waals surface area contributed by atoms with Crippen molar-refractivity contribution < 1.29 is 18.8 Å². The number of nitrogens with one attached hydrogen (secondary N) is 3. The molecular weight excluding hydrogens is 493 g/mol.